The zero-order valence-corrected chi connectivity index (χ0v) is 11.5. The summed E-state index contributed by atoms with van der Waals surface area (Å²) in [6, 6.07) is -0.556. The molecule has 1 aromatic heterocycles. The van der Waals surface area contributed by atoms with Crippen LogP contribution in [0.15, 0.2) is 5.38 Å². The van der Waals surface area contributed by atoms with E-state index in [1.54, 1.807) is 13.8 Å². The van der Waals surface area contributed by atoms with E-state index >= 15 is 0 Å². The highest BCUT2D eigenvalue weighted by molar-refractivity contribution is 7.09. The van der Waals surface area contributed by atoms with Crippen molar-refractivity contribution in [2.45, 2.75) is 33.4 Å². The van der Waals surface area contributed by atoms with Crippen LogP contribution in [-0.4, -0.2) is 39.6 Å². The van der Waals surface area contributed by atoms with Gasteiger partial charge in [-0.2, -0.15) is 0 Å². The summed E-state index contributed by atoms with van der Waals surface area (Å²) in [5.74, 6) is -1.02. The maximum atomic E-state index is 11.8. The molecule has 0 fully saturated rings. The molecular weight excluding hydrogens is 254 g/mol. The first-order valence-electron chi connectivity index (χ1n) is 5.57. The van der Waals surface area contributed by atoms with Gasteiger partial charge < -0.3 is 15.3 Å². The van der Waals surface area contributed by atoms with E-state index in [4.69, 9.17) is 5.11 Å². The molecule has 0 atom stereocenters. The number of amides is 2. The Bertz CT molecular complexity index is 431. The van der Waals surface area contributed by atoms with Gasteiger partial charge in [0, 0.05) is 17.1 Å². The summed E-state index contributed by atoms with van der Waals surface area (Å²) in [7, 11) is 0. The van der Waals surface area contributed by atoms with Crippen LogP contribution < -0.4 is 5.32 Å². The average Bonchev–Trinajstić information content (AvgIpc) is 2.68. The fraction of sp³-hybridized carbons (Fsp3) is 0.545. The number of thiazole rings is 1. The molecule has 0 unspecified atom stereocenters. The van der Waals surface area contributed by atoms with Gasteiger partial charge in [-0.05, 0) is 20.8 Å². The van der Waals surface area contributed by atoms with Crippen molar-refractivity contribution in [3.05, 3.63) is 16.1 Å². The van der Waals surface area contributed by atoms with E-state index in [9.17, 15) is 9.59 Å². The molecule has 1 heterocycles. The lowest BCUT2D eigenvalue weighted by Gasteiger charge is -2.24. The molecule has 2 amide bonds. The number of hydrogen-bond donors (Lipinski definition) is 2. The average molecular weight is 271 g/mol. The van der Waals surface area contributed by atoms with E-state index in [0.29, 0.717) is 6.54 Å². The van der Waals surface area contributed by atoms with Crippen LogP contribution in [0, 0.1) is 6.92 Å². The van der Waals surface area contributed by atoms with Crippen LogP contribution in [0.5, 0.6) is 0 Å². The number of rotatable bonds is 5. The quantitative estimate of drug-likeness (QED) is 0.849. The number of aromatic nitrogens is 1. The van der Waals surface area contributed by atoms with E-state index in [2.05, 4.69) is 10.3 Å². The highest BCUT2D eigenvalue weighted by Crippen LogP contribution is 2.08. The van der Waals surface area contributed by atoms with Crippen LogP contribution in [0.1, 0.15) is 24.5 Å². The van der Waals surface area contributed by atoms with Gasteiger partial charge in [0.15, 0.2) is 0 Å². The number of carbonyl (C=O) groups excluding carboxylic acids is 1. The Morgan fingerprint density at radius 1 is 1.56 bits per heavy atom. The maximum absolute atomic E-state index is 11.8. The largest absolute Gasteiger partial charge is 0.480 e. The van der Waals surface area contributed by atoms with Gasteiger partial charge in [-0.3, -0.25) is 4.79 Å². The standard InChI is InChI=1S/C11H17N3O3S/c1-7(2)14(5-10(15)16)11(17)12-4-9-13-8(3)6-18-9/h6-7H,4-5H2,1-3H3,(H,12,17)(H,15,16). The molecule has 2 N–H and O–H groups in total. The summed E-state index contributed by atoms with van der Waals surface area (Å²) in [4.78, 5) is 28.0. The molecule has 0 saturated heterocycles. The number of aryl methyl sites for hydroxylation is 1. The van der Waals surface area contributed by atoms with E-state index < -0.39 is 5.97 Å². The van der Waals surface area contributed by atoms with E-state index in [1.807, 2.05) is 12.3 Å². The van der Waals surface area contributed by atoms with Gasteiger partial charge in [-0.25, -0.2) is 9.78 Å². The number of hydrogen-bond acceptors (Lipinski definition) is 4. The van der Waals surface area contributed by atoms with Crippen LogP contribution in [0.4, 0.5) is 4.79 Å². The van der Waals surface area contributed by atoms with Gasteiger partial charge in [0.1, 0.15) is 11.6 Å². The van der Waals surface area contributed by atoms with Gasteiger partial charge in [0.2, 0.25) is 0 Å². The smallest absolute Gasteiger partial charge is 0.323 e. The SMILES string of the molecule is Cc1csc(CNC(=O)N(CC(=O)O)C(C)C)n1. The zero-order valence-electron chi connectivity index (χ0n) is 10.6. The third-order valence-electron chi connectivity index (χ3n) is 2.25. The molecule has 0 aliphatic heterocycles. The number of aliphatic carboxylic acids is 1. The highest BCUT2D eigenvalue weighted by atomic mass is 32.1. The monoisotopic (exact) mass is 271 g/mol. The Hall–Kier alpha value is -1.63. The molecule has 100 valence electrons. The molecule has 0 aliphatic rings. The van der Waals surface area contributed by atoms with Crippen LogP contribution >= 0.6 is 11.3 Å². The topological polar surface area (TPSA) is 82.5 Å². The molecule has 0 bridgehead atoms. The summed E-state index contributed by atoms with van der Waals surface area (Å²) >= 11 is 1.46. The molecule has 1 rings (SSSR count). The first-order chi connectivity index (χ1) is 8.40. The second-order valence-corrected chi connectivity index (χ2v) is 5.10. The molecule has 0 saturated carbocycles. The van der Waals surface area contributed by atoms with Crippen LogP contribution in [-0.2, 0) is 11.3 Å². The number of nitrogens with zero attached hydrogens (tertiary/aromatic N) is 2. The summed E-state index contributed by atoms with van der Waals surface area (Å²) in [6.07, 6.45) is 0. The third kappa shape index (κ3) is 4.33. The fourth-order valence-electron chi connectivity index (χ4n) is 1.37. The van der Waals surface area contributed by atoms with Crippen molar-refractivity contribution >= 4 is 23.3 Å². The normalized spacial score (nSPS) is 10.4. The van der Waals surface area contributed by atoms with Gasteiger partial charge in [-0.15, -0.1) is 11.3 Å². The van der Waals surface area contributed by atoms with E-state index in [0.717, 1.165) is 10.7 Å². The molecule has 0 radical (unpaired) electrons. The molecule has 6 nitrogen and oxygen atoms in total. The summed E-state index contributed by atoms with van der Waals surface area (Å²) < 4.78 is 0. The second kappa shape index (κ2) is 6.34. The molecule has 0 aromatic carbocycles. The van der Waals surface area contributed by atoms with Crippen LogP contribution in [0.25, 0.3) is 0 Å². The highest BCUT2D eigenvalue weighted by Gasteiger charge is 2.19. The van der Waals surface area contributed by atoms with Crippen LogP contribution in [0.2, 0.25) is 0 Å². The number of carboxylic acids is 1. The number of carbonyl (C=O) groups is 2. The van der Waals surface area contributed by atoms with Gasteiger partial charge >= 0.3 is 12.0 Å². The van der Waals surface area contributed by atoms with Crippen molar-refractivity contribution in [1.82, 2.24) is 15.2 Å². The van der Waals surface area contributed by atoms with Crippen molar-refractivity contribution in [1.29, 1.82) is 0 Å². The fourth-order valence-corrected chi connectivity index (χ4v) is 2.08. The van der Waals surface area contributed by atoms with Crippen molar-refractivity contribution in [2.75, 3.05) is 6.54 Å². The first kappa shape index (κ1) is 14.4. The number of nitrogens with one attached hydrogen (secondary N) is 1. The van der Waals surface area contributed by atoms with Crippen LogP contribution in [0.3, 0.4) is 0 Å². The summed E-state index contributed by atoms with van der Waals surface area (Å²) in [5.41, 5.74) is 0.913. The van der Waals surface area contributed by atoms with Gasteiger partial charge in [0.05, 0.1) is 6.54 Å². The van der Waals surface area contributed by atoms with Crippen molar-refractivity contribution in [2.24, 2.45) is 0 Å². The Morgan fingerprint density at radius 3 is 2.67 bits per heavy atom. The Morgan fingerprint density at radius 2 is 2.22 bits per heavy atom. The molecular formula is C11H17N3O3S. The first-order valence-corrected chi connectivity index (χ1v) is 6.45. The summed E-state index contributed by atoms with van der Waals surface area (Å²) in [5, 5.41) is 14.1. The Labute approximate surface area is 110 Å². The van der Waals surface area contributed by atoms with Crippen molar-refractivity contribution in [3.63, 3.8) is 0 Å². The predicted molar refractivity (Wildman–Crippen MR) is 68.6 cm³/mol. The van der Waals surface area contributed by atoms with Gasteiger partial charge in [-0.1, -0.05) is 0 Å². The lowest BCUT2D eigenvalue weighted by Crippen LogP contribution is -2.46. The molecule has 1 aromatic rings. The van der Waals surface area contributed by atoms with E-state index in [1.165, 1.54) is 16.2 Å². The van der Waals surface area contributed by atoms with Crippen molar-refractivity contribution in [3.8, 4) is 0 Å². The lowest BCUT2D eigenvalue weighted by atomic mass is 10.3. The number of carboxylic acid groups (broad SMARTS) is 1. The Kier molecular flexibility index (Phi) is 5.08. The molecule has 18 heavy (non-hydrogen) atoms. The van der Waals surface area contributed by atoms with E-state index in [-0.39, 0.29) is 18.6 Å². The van der Waals surface area contributed by atoms with Crippen molar-refractivity contribution < 1.29 is 14.7 Å². The Balaban J connectivity index is 2.53. The predicted octanol–water partition coefficient (Wildman–Crippen LogP) is 1.46. The van der Waals surface area contributed by atoms with Gasteiger partial charge in [0.25, 0.3) is 0 Å². The lowest BCUT2D eigenvalue weighted by molar-refractivity contribution is -0.138. The second-order valence-electron chi connectivity index (χ2n) is 4.16. The molecule has 7 heteroatoms. The third-order valence-corrected chi connectivity index (χ3v) is 3.21. The minimum Gasteiger partial charge on any atom is -0.480 e. The summed E-state index contributed by atoms with van der Waals surface area (Å²) in [6.45, 7) is 5.44. The molecule has 0 aliphatic carbocycles. The minimum absolute atomic E-state index is 0.167. The molecule has 0 spiro atoms. The number of urea groups is 1. The minimum atomic E-state index is -1.02. The maximum Gasteiger partial charge on any atom is 0.323 e. The zero-order chi connectivity index (χ0) is 13.7.